The van der Waals surface area contributed by atoms with E-state index in [1.54, 1.807) is 19.1 Å². The summed E-state index contributed by atoms with van der Waals surface area (Å²) in [6.07, 6.45) is 0.479. The molecule has 1 atom stereocenters. The van der Waals surface area contributed by atoms with Crippen LogP contribution in [0.15, 0.2) is 18.2 Å². The Morgan fingerprint density at radius 1 is 1.53 bits per heavy atom. The number of benzene rings is 1. The zero-order chi connectivity index (χ0) is 11.3. The Morgan fingerprint density at radius 3 is 2.87 bits per heavy atom. The minimum absolute atomic E-state index is 0.0297. The summed E-state index contributed by atoms with van der Waals surface area (Å²) in [5.74, 6) is -0.219. The Labute approximate surface area is 88.7 Å². The normalized spacial score (nSPS) is 12.5. The molecule has 0 bridgehead atoms. The van der Waals surface area contributed by atoms with E-state index in [0.29, 0.717) is 12.0 Å². The number of nitrogens with two attached hydrogens (primary N) is 1. The third-order valence-corrected chi connectivity index (χ3v) is 2.04. The summed E-state index contributed by atoms with van der Waals surface area (Å²) in [5, 5.41) is 8.59. The van der Waals surface area contributed by atoms with Crippen LogP contribution in [0.5, 0.6) is 5.75 Å². The maximum atomic E-state index is 13.4. The molecule has 0 heterocycles. The average Bonchev–Trinajstić information content (AvgIpc) is 2.20. The molecule has 0 aliphatic heterocycles. The second-order valence-electron chi connectivity index (χ2n) is 3.37. The van der Waals surface area contributed by atoms with Crippen molar-refractivity contribution in [2.45, 2.75) is 19.4 Å². The molecule has 0 amide bonds. The lowest BCUT2D eigenvalue weighted by atomic mass is 10.1. The minimum atomic E-state index is -0.414. The zero-order valence-electron chi connectivity index (χ0n) is 8.74. The Balaban J connectivity index is 2.82. The van der Waals surface area contributed by atoms with Gasteiger partial charge in [0.05, 0.1) is 6.61 Å². The van der Waals surface area contributed by atoms with Crippen molar-refractivity contribution in [3.05, 3.63) is 29.6 Å². The Morgan fingerprint density at radius 2 is 2.27 bits per heavy atom. The molecule has 1 aromatic carbocycles. The summed E-state index contributed by atoms with van der Waals surface area (Å²) in [6, 6.07) is 4.40. The lowest BCUT2D eigenvalue weighted by molar-refractivity contribution is 0.227. The molecule has 0 saturated carbocycles. The fraction of sp³-hybridized carbons (Fsp3) is 0.455. The number of aliphatic hydroxyl groups is 1. The van der Waals surface area contributed by atoms with Crippen LogP contribution in [0.1, 0.15) is 24.9 Å². The van der Waals surface area contributed by atoms with Gasteiger partial charge in [-0.1, -0.05) is 12.1 Å². The van der Waals surface area contributed by atoms with E-state index in [2.05, 4.69) is 0 Å². The molecule has 0 aliphatic carbocycles. The van der Waals surface area contributed by atoms with Crippen LogP contribution in [-0.2, 0) is 0 Å². The standard InChI is InChI=1S/C11H16FNO2/c1-8(13)9-4-2-5-10(12)11(9)15-7-3-6-14/h2,4-5,8,14H,3,6-7,13H2,1H3. The summed E-state index contributed by atoms with van der Waals surface area (Å²) in [4.78, 5) is 0. The summed E-state index contributed by atoms with van der Waals surface area (Å²) in [6.45, 7) is 2.09. The van der Waals surface area contributed by atoms with Gasteiger partial charge in [-0.15, -0.1) is 0 Å². The molecule has 4 heteroatoms. The second-order valence-corrected chi connectivity index (χ2v) is 3.37. The largest absolute Gasteiger partial charge is 0.490 e. The average molecular weight is 213 g/mol. The van der Waals surface area contributed by atoms with E-state index < -0.39 is 5.82 Å². The zero-order valence-corrected chi connectivity index (χ0v) is 8.74. The van der Waals surface area contributed by atoms with Crippen LogP contribution >= 0.6 is 0 Å². The van der Waals surface area contributed by atoms with Gasteiger partial charge in [0.1, 0.15) is 0 Å². The molecule has 1 rings (SSSR count). The quantitative estimate of drug-likeness (QED) is 0.730. The SMILES string of the molecule is CC(N)c1cccc(F)c1OCCCO. The van der Waals surface area contributed by atoms with Gasteiger partial charge in [-0.2, -0.15) is 0 Å². The predicted molar refractivity (Wildman–Crippen MR) is 56.2 cm³/mol. The van der Waals surface area contributed by atoms with E-state index in [-0.39, 0.29) is 25.0 Å². The highest BCUT2D eigenvalue weighted by molar-refractivity contribution is 5.36. The van der Waals surface area contributed by atoms with Crippen LogP contribution in [0.2, 0.25) is 0 Å². The van der Waals surface area contributed by atoms with Crippen LogP contribution in [0.3, 0.4) is 0 Å². The van der Waals surface area contributed by atoms with E-state index in [1.165, 1.54) is 6.07 Å². The van der Waals surface area contributed by atoms with E-state index >= 15 is 0 Å². The smallest absolute Gasteiger partial charge is 0.165 e. The molecule has 0 spiro atoms. The van der Waals surface area contributed by atoms with Gasteiger partial charge in [0, 0.05) is 24.6 Å². The van der Waals surface area contributed by atoms with Gasteiger partial charge < -0.3 is 15.6 Å². The summed E-state index contributed by atoms with van der Waals surface area (Å²) in [5.41, 5.74) is 6.34. The summed E-state index contributed by atoms with van der Waals surface area (Å²) in [7, 11) is 0. The molecule has 3 nitrogen and oxygen atoms in total. The van der Waals surface area contributed by atoms with E-state index in [9.17, 15) is 4.39 Å². The lowest BCUT2D eigenvalue weighted by Gasteiger charge is -2.14. The van der Waals surface area contributed by atoms with Crippen molar-refractivity contribution < 1.29 is 14.2 Å². The van der Waals surface area contributed by atoms with E-state index in [0.717, 1.165) is 0 Å². The third kappa shape index (κ3) is 3.18. The van der Waals surface area contributed by atoms with E-state index in [4.69, 9.17) is 15.6 Å². The van der Waals surface area contributed by atoms with Crippen molar-refractivity contribution in [3.8, 4) is 5.75 Å². The van der Waals surface area contributed by atoms with Crippen LogP contribution in [0.4, 0.5) is 4.39 Å². The van der Waals surface area contributed by atoms with Crippen LogP contribution in [-0.4, -0.2) is 18.3 Å². The first-order valence-corrected chi connectivity index (χ1v) is 4.94. The summed E-state index contributed by atoms with van der Waals surface area (Å²) >= 11 is 0. The molecular weight excluding hydrogens is 197 g/mol. The van der Waals surface area contributed by atoms with Gasteiger partial charge in [-0.25, -0.2) is 4.39 Å². The first-order valence-electron chi connectivity index (χ1n) is 4.94. The minimum Gasteiger partial charge on any atom is -0.490 e. The van der Waals surface area contributed by atoms with Gasteiger partial charge in [-0.05, 0) is 13.0 Å². The highest BCUT2D eigenvalue weighted by Gasteiger charge is 2.12. The van der Waals surface area contributed by atoms with Crippen LogP contribution in [0, 0.1) is 5.82 Å². The van der Waals surface area contributed by atoms with Crippen molar-refractivity contribution in [1.82, 2.24) is 0 Å². The lowest BCUT2D eigenvalue weighted by Crippen LogP contribution is -2.10. The van der Waals surface area contributed by atoms with Crippen LogP contribution in [0.25, 0.3) is 0 Å². The fourth-order valence-electron chi connectivity index (χ4n) is 1.28. The number of hydrogen-bond donors (Lipinski definition) is 2. The van der Waals surface area contributed by atoms with E-state index in [1.807, 2.05) is 0 Å². The molecular formula is C11H16FNO2. The Bertz CT molecular complexity index is 315. The predicted octanol–water partition coefficient (Wildman–Crippen LogP) is 1.61. The van der Waals surface area contributed by atoms with Gasteiger partial charge in [-0.3, -0.25) is 0 Å². The maximum Gasteiger partial charge on any atom is 0.165 e. The van der Waals surface area contributed by atoms with Gasteiger partial charge in [0.25, 0.3) is 0 Å². The Kier molecular flexibility index (Phi) is 4.52. The molecule has 1 aromatic rings. The first-order chi connectivity index (χ1) is 7.16. The van der Waals surface area contributed by atoms with Crippen molar-refractivity contribution in [2.75, 3.05) is 13.2 Å². The Hall–Kier alpha value is -1.13. The van der Waals surface area contributed by atoms with Gasteiger partial charge >= 0.3 is 0 Å². The number of halogens is 1. The van der Waals surface area contributed by atoms with Crippen molar-refractivity contribution in [1.29, 1.82) is 0 Å². The fourth-order valence-corrected chi connectivity index (χ4v) is 1.28. The molecule has 0 fully saturated rings. The van der Waals surface area contributed by atoms with Crippen molar-refractivity contribution in [2.24, 2.45) is 5.73 Å². The second kappa shape index (κ2) is 5.68. The molecule has 1 unspecified atom stereocenters. The number of ether oxygens (including phenoxy) is 1. The highest BCUT2D eigenvalue weighted by Crippen LogP contribution is 2.26. The molecule has 0 radical (unpaired) electrons. The van der Waals surface area contributed by atoms with Crippen molar-refractivity contribution >= 4 is 0 Å². The molecule has 3 N–H and O–H groups in total. The molecule has 15 heavy (non-hydrogen) atoms. The molecule has 0 aliphatic rings. The number of rotatable bonds is 5. The molecule has 0 aromatic heterocycles. The van der Waals surface area contributed by atoms with Gasteiger partial charge in [0.15, 0.2) is 11.6 Å². The van der Waals surface area contributed by atoms with Gasteiger partial charge in [0.2, 0.25) is 0 Å². The molecule has 0 saturated heterocycles. The summed E-state index contributed by atoms with van der Waals surface area (Å²) < 4.78 is 18.6. The third-order valence-electron chi connectivity index (χ3n) is 2.04. The highest BCUT2D eigenvalue weighted by atomic mass is 19.1. The molecule has 84 valence electrons. The van der Waals surface area contributed by atoms with Crippen molar-refractivity contribution in [3.63, 3.8) is 0 Å². The van der Waals surface area contributed by atoms with Crippen LogP contribution < -0.4 is 10.5 Å². The number of para-hydroxylation sites is 1. The number of aliphatic hydroxyl groups excluding tert-OH is 1. The monoisotopic (exact) mass is 213 g/mol. The topological polar surface area (TPSA) is 55.5 Å². The maximum absolute atomic E-state index is 13.4. The number of hydrogen-bond acceptors (Lipinski definition) is 3. The first kappa shape index (κ1) is 11.9.